The summed E-state index contributed by atoms with van der Waals surface area (Å²) in [5.41, 5.74) is 5.02. The molecule has 1 saturated carbocycles. The number of hydrogen-bond acceptors (Lipinski definition) is 2. The van der Waals surface area contributed by atoms with E-state index in [9.17, 15) is 9.59 Å². The summed E-state index contributed by atoms with van der Waals surface area (Å²) in [6, 6.07) is 23.3. The Hall–Kier alpha value is -3.40. The van der Waals surface area contributed by atoms with Gasteiger partial charge in [0, 0.05) is 29.9 Å². The van der Waals surface area contributed by atoms with Crippen molar-refractivity contribution in [2.24, 2.45) is 0 Å². The maximum absolute atomic E-state index is 13.0. The molecule has 3 aromatic rings. The van der Waals surface area contributed by atoms with Crippen molar-refractivity contribution in [2.45, 2.75) is 45.1 Å². The zero-order chi connectivity index (χ0) is 22.5. The minimum absolute atomic E-state index is 0.0412. The van der Waals surface area contributed by atoms with Gasteiger partial charge in [0.1, 0.15) is 0 Å². The summed E-state index contributed by atoms with van der Waals surface area (Å²) in [5, 5.41) is 2.97. The fraction of sp³-hybridized carbons (Fsp3) is 0.286. The van der Waals surface area contributed by atoms with Crippen molar-refractivity contribution >= 4 is 17.5 Å². The third-order valence-corrected chi connectivity index (χ3v) is 6.37. The highest BCUT2D eigenvalue weighted by Gasteiger charge is 2.23. The van der Waals surface area contributed by atoms with Gasteiger partial charge in [-0.3, -0.25) is 9.59 Å². The zero-order valence-corrected chi connectivity index (χ0v) is 18.8. The van der Waals surface area contributed by atoms with Crippen molar-refractivity contribution in [1.82, 2.24) is 4.90 Å². The van der Waals surface area contributed by atoms with Crippen LogP contribution in [0.4, 0.5) is 5.69 Å². The second-order valence-electron chi connectivity index (χ2n) is 8.65. The molecule has 1 aliphatic rings. The van der Waals surface area contributed by atoms with Crippen LogP contribution in [0.15, 0.2) is 72.8 Å². The fourth-order valence-corrected chi connectivity index (χ4v) is 4.40. The summed E-state index contributed by atoms with van der Waals surface area (Å²) in [5.74, 6) is -0.126. The van der Waals surface area contributed by atoms with Crippen LogP contribution in [0.1, 0.15) is 58.4 Å². The number of rotatable bonds is 5. The summed E-state index contributed by atoms with van der Waals surface area (Å²) >= 11 is 0. The van der Waals surface area contributed by atoms with Crippen LogP contribution >= 0.6 is 0 Å². The van der Waals surface area contributed by atoms with Gasteiger partial charge in [-0.1, -0.05) is 67.3 Å². The average Bonchev–Trinajstić information content (AvgIpc) is 2.84. The van der Waals surface area contributed by atoms with E-state index in [2.05, 4.69) is 5.32 Å². The van der Waals surface area contributed by atoms with E-state index < -0.39 is 0 Å². The summed E-state index contributed by atoms with van der Waals surface area (Å²) in [6.45, 7) is 2.05. The minimum atomic E-state index is -0.167. The van der Waals surface area contributed by atoms with Crippen molar-refractivity contribution in [2.75, 3.05) is 12.4 Å². The van der Waals surface area contributed by atoms with Crippen LogP contribution in [0.25, 0.3) is 11.1 Å². The smallest absolute Gasteiger partial charge is 0.256 e. The molecule has 0 aliphatic heterocycles. The quantitative estimate of drug-likeness (QED) is 0.519. The van der Waals surface area contributed by atoms with Gasteiger partial charge in [0.25, 0.3) is 11.8 Å². The zero-order valence-electron chi connectivity index (χ0n) is 18.8. The summed E-state index contributed by atoms with van der Waals surface area (Å²) in [4.78, 5) is 27.8. The van der Waals surface area contributed by atoms with Crippen molar-refractivity contribution in [3.63, 3.8) is 0 Å². The van der Waals surface area contributed by atoms with Crippen LogP contribution in [-0.4, -0.2) is 29.8 Å². The molecule has 0 atom stereocenters. The highest BCUT2D eigenvalue weighted by molar-refractivity contribution is 6.09. The molecule has 1 fully saturated rings. The lowest BCUT2D eigenvalue weighted by Gasteiger charge is -2.31. The van der Waals surface area contributed by atoms with Gasteiger partial charge in [0.15, 0.2) is 0 Å². The molecule has 0 bridgehead atoms. The average molecular weight is 427 g/mol. The Morgan fingerprint density at radius 3 is 2.19 bits per heavy atom. The predicted octanol–water partition coefficient (Wildman–Crippen LogP) is 6.32. The van der Waals surface area contributed by atoms with Gasteiger partial charge in [-0.2, -0.15) is 0 Å². The number of nitrogens with zero attached hydrogens (tertiary/aromatic N) is 1. The molecular weight excluding hydrogens is 396 g/mol. The van der Waals surface area contributed by atoms with E-state index in [-0.39, 0.29) is 11.8 Å². The molecule has 1 N–H and O–H groups in total. The van der Waals surface area contributed by atoms with E-state index >= 15 is 0 Å². The minimum Gasteiger partial charge on any atom is -0.339 e. The molecule has 1 aliphatic carbocycles. The predicted molar refractivity (Wildman–Crippen MR) is 130 cm³/mol. The summed E-state index contributed by atoms with van der Waals surface area (Å²) < 4.78 is 0. The third-order valence-electron chi connectivity index (χ3n) is 6.37. The van der Waals surface area contributed by atoms with Gasteiger partial charge in [-0.25, -0.2) is 0 Å². The topological polar surface area (TPSA) is 49.4 Å². The molecule has 4 nitrogen and oxygen atoms in total. The number of carbonyl (C=O) groups is 2. The Labute approximate surface area is 190 Å². The fourth-order valence-electron chi connectivity index (χ4n) is 4.40. The maximum atomic E-state index is 13.0. The normalized spacial score (nSPS) is 14.1. The van der Waals surface area contributed by atoms with Crippen LogP contribution < -0.4 is 5.32 Å². The molecule has 4 heteroatoms. The van der Waals surface area contributed by atoms with E-state index in [1.54, 1.807) is 24.3 Å². The number of nitrogens with one attached hydrogen (secondary N) is 1. The van der Waals surface area contributed by atoms with Crippen LogP contribution in [0, 0.1) is 6.92 Å². The van der Waals surface area contributed by atoms with Crippen LogP contribution in [-0.2, 0) is 0 Å². The molecule has 32 heavy (non-hydrogen) atoms. The number of carbonyl (C=O) groups excluding carboxylic acids is 2. The molecule has 4 rings (SSSR count). The van der Waals surface area contributed by atoms with E-state index in [0.29, 0.717) is 22.9 Å². The Kier molecular flexibility index (Phi) is 6.69. The van der Waals surface area contributed by atoms with E-state index in [1.807, 2.05) is 67.4 Å². The van der Waals surface area contributed by atoms with Gasteiger partial charge in [0.2, 0.25) is 0 Å². The first-order chi connectivity index (χ1) is 15.5. The van der Waals surface area contributed by atoms with Gasteiger partial charge < -0.3 is 10.2 Å². The number of aryl methyl sites for hydroxylation is 1. The van der Waals surface area contributed by atoms with E-state index in [1.165, 1.54) is 24.8 Å². The Morgan fingerprint density at radius 2 is 1.50 bits per heavy atom. The van der Waals surface area contributed by atoms with Gasteiger partial charge >= 0.3 is 0 Å². The number of hydrogen-bond donors (Lipinski definition) is 1. The lowest BCUT2D eigenvalue weighted by atomic mass is 9.94. The molecule has 0 spiro atoms. The number of amides is 2. The molecule has 0 aromatic heterocycles. The monoisotopic (exact) mass is 426 g/mol. The van der Waals surface area contributed by atoms with Gasteiger partial charge in [-0.05, 0) is 61.2 Å². The largest absolute Gasteiger partial charge is 0.339 e. The lowest BCUT2D eigenvalue weighted by molar-refractivity contribution is 0.0696. The molecular formula is C28H30N2O2. The molecule has 0 radical (unpaired) electrons. The number of anilines is 1. The van der Waals surface area contributed by atoms with Crippen molar-refractivity contribution in [1.29, 1.82) is 0 Å². The van der Waals surface area contributed by atoms with E-state index in [0.717, 1.165) is 24.0 Å². The second kappa shape index (κ2) is 9.82. The van der Waals surface area contributed by atoms with Crippen LogP contribution in [0.3, 0.4) is 0 Å². The summed E-state index contributed by atoms with van der Waals surface area (Å²) in [6.07, 6.45) is 5.81. The highest BCUT2D eigenvalue weighted by Crippen LogP contribution is 2.26. The third kappa shape index (κ3) is 4.91. The lowest BCUT2D eigenvalue weighted by Crippen LogP contribution is -2.38. The second-order valence-corrected chi connectivity index (χ2v) is 8.65. The van der Waals surface area contributed by atoms with Crippen LogP contribution in [0.2, 0.25) is 0 Å². The molecule has 164 valence electrons. The van der Waals surface area contributed by atoms with Crippen LogP contribution in [0.5, 0.6) is 0 Å². The molecule has 2 amide bonds. The first kappa shape index (κ1) is 21.8. The van der Waals surface area contributed by atoms with E-state index in [4.69, 9.17) is 0 Å². The maximum Gasteiger partial charge on any atom is 0.256 e. The summed E-state index contributed by atoms with van der Waals surface area (Å²) in [7, 11) is 1.90. The molecule has 3 aromatic carbocycles. The Bertz CT molecular complexity index is 1080. The van der Waals surface area contributed by atoms with Crippen molar-refractivity contribution < 1.29 is 9.59 Å². The number of benzene rings is 3. The first-order valence-corrected chi connectivity index (χ1v) is 11.4. The van der Waals surface area contributed by atoms with Gasteiger partial charge in [0.05, 0.1) is 0 Å². The Morgan fingerprint density at radius 1 is 0.844 bits per heavy atom. The highest BCUT2D eigenvalue weighted by atomic mass is 16.2. The van der Waals surface area contributed by atoms with Gasteiger partial charge in [-0.15, -0.1) is 0 Å². The molecule has 0 heterocycles. The Balaban J connectivity index is 1.47. The van der Waals surface area contributed by atoms with Crippen molar-refractivity contribution in [3.05, 3.63) is 89.5 Å². The molecule has 0 unspecified atom stereocenters. The van der Waals surface area contributed by atoms with Crippen molar-refractivity contribution in [3.8, 4) is 11.1 Å². The standard InChI is InChI=1S/C28H30N2O2/c1-20-12-14-21(15-13-20)25-10-6-7-11-26(25)27(31)29-23-18-16-22(17-19-23)28(32)30(2)24-8-4-3-5-9-24/h6-7,10-19,24H,3-5,8-9H2,1-2H3,(H,29,31). The SMILES string of the molecule is Cc1ccc(-c2ccccc2C(=O)Nc2ccc(C(=O)N(C)C3CCCCC3)cc2)cc1. The molecule has 0 saturated heterocycles. The first-order valence-electron chi connectivity index (χ1n) is 11.4.